The molecule has 1 aromatic rings. The van der Waals surface area contributed by atoms with Gasteiger partial charge in [0, 0.05) is 37.3 Å². The smallest absolute Gasteiger partial charge is 0.253 e. The molecule has 0 aromatic heterocycles. The van der Waals surface area contributed by atoms with E-state index < -0.39 is 11.9 Å². The second-order valence-electron chi connectivity index (χ2n) is 10.2. The Hall–Kier alpha value is -4.15. The van der Waals surface area contributed by atoms with Crippen LogP contribution >= 0.6 is 0 Å². The molecular weight excluding hydrogens is 512 g/mol. The molecule has 0 bridgehead atoms. The van der Waals surface area contributed by atoms with E-state index in [1.54, 1.807) is 0 Å². The first-order valence-electron chi connectivity index (χ1n) is 13.7. The summed E-state index contributed by atoms with van der Waals surface area (Å²) in [6, 6.07) is 6.81. The van der Waals surface area contributed by atoms with Gasteiger partial charge < -0.3 is 27.0 Å². The number of imide groups is 1. The van der Waals surface area contributed by atoms with E-state index >= 15 is 0 Å². The highest BCUT2D eigenvalue weighted by atomic mass is 16.2. The van der Waals surface area contributed by atoms with Gasteiger partial charge in [-0.3, -0.25) is 28.9 Å². The van der Waals surface area contributed by atoms with E-state index in [4.69, 9.17) is 5.73 Å². The summed E-state index contributed by atoms with van der Waals surface area (Å²) in [6.45, 7) is 8.41. The van der Waals surface area contributed by atoms with Crippen molar-refractivity contribution in [2.24, 2.45) is 11.7 Å². The highest BCUT2D eigenvalue weighted by Crippen LogP contribution is 2.14. The Morgan fingerprint density at radius 3 is 2.23 bits per heavy atom. The van der Waals surface area contributed by atoms with E-state index in [2.05, 4.69) is 41.7 Å². The van der Waals surface area contributed by atoms with Crippen molar-refractivity contribution in [2.75, 3.05) is 25.0 Å². The molecule has 40 heavy (non-hydrogen) atoms. The average molecular weight is 555 g/mol. The molecule has 0 aliphatic carbocycles. The molecule has 1 unspecified atom stereocenters. The maximum atomic E-state index is 13.0. The van der Waals surface area contributed by atoms with E-state index in [9.17, 15) is 24.0 Å². The minimum Gasteiger partial charge on any atom is -0.386 e. The van der Waals surface area contributed by atoms with Gasteiger partial charge in [-0.2, -0.15) is 0 Å². The monoisotopic (exact) mass is 554 g/mol. The van der Waals surface area contributed by atoms with Crippen molar-refractivity contribution in [1.29, 1.82) is 0 Å². The molecule has 6 N–H and O–H groups in total. The molecule has 2 rings (SSSR count). The third-order valence-corrected chi connectivity index (χ3v) is 6.17. The molecule has 0 radical (unpaired) electrons. The zero-order valence-electron chi connectivity index (χ0n) is 23.5. The van der Waals surface area contributed by atoms with Crippen LogP contribution in [0.4, 0.5) is 5.69 Å². The fourth-order valence-electron chi connectivity index (χ4n) is 4.15. The summed E-state index contributed by atoms with van der Waals surface area (Å²) in [4.78, 5) is 62.0. The normalized spacial score (nSPS) is 13.3. The standard InChI is InChI=1S/C29H42N6O5/c1-20(2)18-22-10-12-23(13-11-22)33-29(40)24(8-7-16-31-21(3)30)34-26(37)19-32-25(36)9-5-4-6-17-35-27(38)14-15-28(35)39/h10-15,20,24,31H,3-9,16-19,30H2,1-2H3,(H,32,36)(H,33,40)(H,34,37). The molecule has 1 aromatic carbocycles. The highest BCUT2D eigenvalue weighted by Gasteiger charge is 2.23. The molecule has 218 valence electrons. The van der Waals surface area contributed by atoms with Crippen LogP contribution in [-0.2, 0) is 30.4 Å². The largest absolute Gasteiger partial charge is 0.386 e. The number of amides is 5. The summed E-state index contributed by atoms with van der Waals surface area (Å²) in [7, 11) is 0. The lowest BCUT2D eigenvalue weighted by Gasteiger charge is -2.19. The van der Waals surface area contributed by atoms with Crippen molar-refractivity contribution < 1.29 is 24.0 Å². The van der Waals surface area contributed by atoms with Crippen LogP contribution in [0.2, 0.25) is 0 Å². The Labute approximate surface area is 236 Å². The topological polar surface area (TPSA) is 163 Å². The average Bonchev–Trinajstić information content (AvgIpc) is 3.21. The predicted molar refractivity (Wildman–Crippen MR) is 153 cm³/mol. The number of benzene rings is 1. The number of rotatable bonds is 18. The third-order valence-electron chi connectivity index (χ3n) is 6.17. The lowest BCUT2D eigenvalue weighted by Crippen LogP contribution is -2.47. The molecule has 1 heterocycles. The fourth-order valence-corrected chi connectivity index (χ4v) is 4.15. The Bertz CT molecular complexity index is 1060. The van der Waals surface area contributed by atoms with Gasteiger partial charge in [0.05, 0.1) is 12.4 Å². The van der Waals surface area contributed by atoms with Gasteiger partial charge in [-0.05, 0) is 55.7 Å². The number of carbonyl (C=O) groups is 5. The number of hydrogen-bond donors (Lipinski definition) is 5. The molecule has 0 saturated heterocycles. The van der Waals surface area contributed by atoms with Gasteiger partial charge in [0.2, 0.25) is 17.7 Å². The van der Waals surface area contributed by atoms with Crippen molar-refractivity contribution in [3.05, 3.63) is 54.4 Å². The molecule has 1 aliphatic heterocycles. The number of nitrogens with one attached hydrogen (secondary N) is 4. The van der Waals surface area contributed by atoms with Crippen LogP contribution in [0.15, 0.2) is 48.8 Å². The Kier molecular flexibility index (Phi) is 13.4. The van der Waals surface area contributed by atoms with E-state index in [1.807, 2.05) is 24.3 Å². The first-order valence-corrected chi connectivity index (χ1v) is 13.7. The van der Waals surface area contributed by atoms with E-state index in [1.165, 1.54) is 22.6 Å². The summed E-state index contributed by atoms with van der Waals surface area (Å²) in [5.74, 6) is -0.913. The van der Waals surface area contributed by atoms with Crippen molar-refractivity contribution >= 4 is 35.2 Å². The minimum atomic E-state index is -0.807. The first kappa shape index (κ1) is 32.1. The fraction of sp³-hybridized carbons (Fsp3) is 0.483. The zero-order chi connectivity index (χ0) is 29.5. The van der Waals surface area contributed by atoms with E-state index in [0.29, 0.717) is 62.6 Å². The molecule has 0 fully saturated rings. The van der Waals surface area contributed by atoms with Crippen molar-refractivity contribution in [2.45, 2.75) is 64.8 Å². The maximum Gasteiger partial charge on any atom is 0.253 e. The van der Waals surface area contributed by atoms with Gasteiger partial charge in [0.15, 0.2) is 0 Å². The quantitative estimate of drug-likeness (QED) is 0.136. The highest BCUT2D eigenvalue weighted by molar-refractivity contribution is 6.12. The van der Waals surface area contributed by atoms with Crippen molar-refractivity contribution in [1.82, 2.24) is 20.9 Å². The van der Waals surface area contributed by atoms with Crippen LogP contribution in [0.1, 0.15) is 57.9 Å². The van der Waals surface area contributed by atoms with Gasteiger partial charge in [0.25, 0.3) is 11.8 Å². The summed E-state index contributed by atoms with van der Waals surface area (Å²) in [6.07, 6.45) is 6.35. The number of hydrogen-bond acceptors (Lipinski definition) is 7. The number of carbonyl (C=O) groups excluding carboxylic acids is 5. The Morgan fingerprint density at radius 2 is 1.60 bits per heavy atom. The second kappa shape index (κ2) is 16.7. The van der Waals surface area contributed by atoms with Crippen LogP contribution in [0.25, 0.3) is 0 Å². The molecular formula is C29H42N6O5. The van der Waals surface area contributed by atoms with E-state index in [-0.39, 0.29) is 36.6 Å². The number of unbranched alkanes of at least 4 members (excludes halogenated alkanes) is 2. The molecule has 11 nitrogen and oxygen atoms in total. The van der Waals surface area contributed by atoms with Gasteiger partial charge >= 0.3 is 0 Å². The number of nitrogens with two attached hydrogens (primary N) is 1. The molecule has 5 amide bonds. The maximum absolute atomic E-state index is 13.0. The SMILES string of the molecule is C=C(N)NCCCC(NC(=O)CNC(=O)CCCCCN1C(=O)C=CC1=O)C(=O)Nc1ccc(CC(C)C)cc1. The Morgan fingerprint density at radius 1 is 0.925 bits per heavy atom. The molecule has 0 saturated carbocycles. The van der Waals surface area contributed by atoms with Gasteiger partial charge in [-0.15, -0.1) is 0 Å². The molecule has 1 aliphatic rings. The van der Waals surface area contributed by atoms with Crippen LogP contribution < -0.4 is 27.0 Å². The van der Waals surface area contributed by atoms with Crippen molar-refractivity contribution in [3.8, 4) is 0 Å². The lowest BCUT2D eigenvalue weighted by atomic mass is 10.0. The summed E-state index contributed by atoms with van der Waals surface area (Å²) >= 11 is 0. The van der Waals surface area contributed by atoms with Crippen molar-refractivity contribution in [3.63, 3.8) is 0 Å². The summed E-state index contributed by atoms with van der Waals surface area (Å²) in [5, 5.41) is 11.0. The van der Waals surface area contributed by atoms with E-state index in [0.717, 1.165) is 6.42 Å². The predicted octanol–water partition coefficient (Wildman–Crippen LogP) is 1.71. The Balaban J connectivity index is 1.77. The summed E-state index contributed by atoms with van der Waals surface area (Å²) < 4.78 is 0. The minimum absolute atomic E-state index is 0.207. The van der Waals surface area contributed by atoms with Crippen LogP contribution in [-0.4, -0.2) is 60.1 Å². The van der Waals surface area contributed by atoms with Gasteiger partial charge in [0.1, 0.15) is 6.04 Å². The van der Waals surface area contributed by atoms with Gasteiger partial charge in [-0.1, -0.05) is 39.0 Å². The molecule has 11 heteroatoms. The number of nitrogens with zero attached hydrogens (tertiary/aromatic N) is 1. The van der Waals surface area contributed by atoms with Crippen LogP contribution in [0, 0.1) is 5.92 Å². The molecule has 1 atom stereocenters. The van der Waals surface area contributed by atoms with Gasteiger partial charge in [-0.25, -0.2) is 0 Å². The van der Waals surface area contributed by atoms with Crippen LogP contribution in [0.5, 0.6) is 0 Å². The zero-order valence-corrected chi connectivity index (χ0v) is 23.5. The second-order valence-corrected chi connectivity index (χ2v) is 10.2. The third kappa shape index (κ3) is 12.1. The lowest BCUT2D eigenvalue weighted by molar-refractivity contribution is -0.137. The molecule has 0 spiro atoms. The first-order chi connectivity index (χ1) is 19.0. The summed E-state index contributed by atoms with van der Waals surface area (Å²) in [5.41, 5.74) is 7.34. The number of anilines is 1. The van der Waals surface area contributed by atoms with Crippen LogP contribution in [0.3, 0.4) is 0 Å².